The molecule has 2 heterocycles. The van der Waals surface area contributed by atoms with Crippen LogP contribution in [0.5, 0.6) is 0 Å². The Hall–Kier alpha value is -4.37. The van der Waals surface area contributed by atoms with Crippen LogP contribution < -0.4 is 0 Å². The summed E-state index contributed by atoms with van der Waals surface area (Å²) in [5.74, 6) is 1.98. The second-order valence-corrected chi connectivity index (χ2v) is 12.5. The number of benzene rings is 4. The van der Waals surface area contributed by atoms with Gasteiger partial charge in [0.15, 0.2) is 0 Å². The molecule has 0 N–H and O–H groups in total. The van der Waals surface area contributed by atoms with Crippen molar-refractivity contribution >= 4 is 23.3 Å². The van der Waals surface area contributed by atoms with Crippen LogP contribution in [0.3, 0.4) is 0 Å². The van der Waals surface area contributed by atoms with Crippen LogP contribution in [-0.2, 0) is 19.2 Å². The molecule has 0 saturated heterocycles. The molecule has 0 spiro atoms. The normalized spacial score (nSPS) is 16.6. The average Bonchev–Trinajstić information content (AvgIpc) is 3.86. The van der Waals surface area contributed by atoms with E-state index in [4.69, 9.17) is 8.83 Å². The topological polar surface area (TPSA) is 26.3 Å². The van der Waals surface area contributed by atoms with Crippen LogP contribution in [0.2, 0.25) is 0 Å². The molecule has 0 saturated carbocycles. The summed E-state index contributed by atoms with van der Waals surface area (Å²) in [7, 11) is 0. The van der Waals surface area contributed by atoms with E-state index in [1.54, 1.807) is 12.5 Å². The second-order valence-electron chi connectivity index (χ2n) is 10.2. The molecule has 196 valence electrons. The van der Waals surface area contributed by atoms with Crippen molar-refractivity contribution in [2.24, 2.45) is 0 Å². The zero-order valence-corrected chi connectivity index (χ0v) is 24.0. The molecule has 4 aromatic carbocycles. The first-order valence-corrected chi connectivity index (χ1v) is 15.7. The Labute approximate surface area is 249 Å². The summed E-state index contributed by atoms with van der Waals surface area (Å²) in [5, 5.41) is 0. The molecule has 41 heavy (non-hydrogen) atoms. The maximum absolute atomic E-state index is 5.83. The van der Waals surface area contributed by atoms with Crippen molar-refractivity contribution in [2.75, 3.05) is 0 Å². The van der Waals surface area contributed by atoms with Gasteiger partial charge in [-0.25, -0.2) is 0 Å². The largest absolute Gasteiger partial charge is 0.0622 e. The van der Waals surface area contributed by atoms with E-state index in [2.05, 4.69) is 121 Å². The first-order chi connectivity index (χ1) is 20.3. The second kappa shape index (κ2) is 11.6. The van der Waals surface area contributed by atoms with Crippen molar-refractivity contribution in [1.29, 1.82) is 0 Å². The van der Waals surface area contributed by atoms with E-state index < -0.39 is 19.2 Å². The third-order valence-electron chi connectivity index (χ3n) is 7.68. The Morgan fingerprint density at radius 1 is 0.415 bits per heavy atom. The molecule has 0 aliphatic heterocycles. The Balaban J connectivity index is 0.000000193. The summed E-state index contributed by atoms with van der Waals surface area (Å²) < 4.78 is 12.5. The minimum Gasteiger partial charge on any atom is -0.0622 e. The Morgan fingerprint density at radius 3 is 1.24 bits per heavy atom. The number of fused-ring (bicyclic) bond motifs is 2. The standard InChI is InChI=1S/2C13H9O.C12H10.Ti/c2*1-2-5-11-9-12(8-10(11)4-1)13-6-3-7-14-13;1-3-7-11(8-4-1)12-9-5-2-6-10-12;/h2*1-9H;1-10H;. The summed E-state index contributed by atoms with van der Waals surface area (Å²) in [5.41, 5.74) is 10.7. The van der Waals surface area contributed by atoms with E-state index in [0.717, 1.165) is 11.5 Å². The van der Waals surface area contributed by atoms with Gasteiger partial charge in [-0.3, -0.25) is 0 Å². The fourth-order valence-corrected chi connectivity index (χ4v) is 8.91. The molecule has 8 rings (SSSR count). The van der Waals surface area contributed by atoms with E-state index in [0.29, 0.717) is 8.45 Å². The fourth-order valence-electron chi connectivity index (χ4n) is 5.75. The van der Waals surface area contributed by atoms with Crippen molar-refractivity contribution in [3.8, 4) is 11.1 Å². The van der Waals surface area contributed by atoms with Crippen molar-refractivity contribution in [3.63, 3.8) is 0 Å². The smallest absolute Gasteiger partial charge is 0.0184 e. The van der Waals surface area contributed by atoms with E-state index in [1.165, 1.54) is 44.5 Å². The van der Waals surface area contributed by atoms with Gasteiger partial charge < -0.3 is 0 Å². The van der Waals surface area contributed by atoms with Crippen LogP contribution in [0.15, 0.2) is 155 Å². The van der Waals surface area contributed by atoms with E-state index in [-0.39, 0.29) is 0 Å². The first kappa shape index (κ1) is 25.6. The Kier molecular flexibility index (Phi) is 7.26. The molecular weight excluding hydrogens is 536 g/mol. The Morgan fingerprint density at radius 2 is 0.829 bits per heavy atom. The van der Waals surface area contributed by atoms with Crippen LogP contribution >= 0.6 is 0 Å². The molecule has 3 heteroatoms. The third-order valence-corrected chi connectivity index (χ3v) is 10.7. The van der Waals surface area contributed by atoms with Gasteiger partial charge >= 0.3 is 179 Å². The number of hydrogen-bond acceptors (Lipinski definition) is 2. The maximum atomic E-state index is 5.83. The Bertz CT molecular complexity index is 1660. The molecule has 0 amide bonds. The zero-order valence-electron chi connectivity index (χ0n) is 22.5. The van der Waals surface area contributed by atoms with E-state index >= 15 is 0 Å². The predicted octanol–water partition coefficient (Wildman–Crippen LogP) is 10.2. The molecule has 2 aliphatic rings. The summed E-state index contributed by atoms with van der Waals surface area (Å²) in [6, 6.07) is 46.5. The monoisotopic (exact) mass is 564 g/mol. The summed E-state index contributed by atoms with van der Waals surface area (Å²) in [6.45, 7) is 0. The molecule has 2 aromatic heterocycles. The number of allylic oxidation sites excluding steroid dienone is 2. The third kappa shape index (κ3) is 5.25. The summed E-state index contributed by atoms with van der Waals surface area (Å²) in [6.07, 6.45) is 8.18. The molecule has 2 atom stereocenters. The SMILES string of the molecule is C1=C(c2ccco2)[CH]([Ti][CH]2C(c3ccco3)=Cc3ccccc32)c2ccccc21.c1ccc(-c2ccccc2)cc1. The van der Waals surface area contributed by atoms with Crippen LogP contribution in [0.25, 0.3) is 34.4 Å². The van der Waals surface area contributed by atoms with Crippen LogP contribution in [-0.4, -0.2) is 0 Å². The van der Waals surface area contributed by atoms with Gasteiger partial charge in [0.05, 0.1) is 0 Å². The van der Waals surface area contributed by atoms with Crippen LogP contribution in [0.4, 0.5) is 0 Å². The minimum atomic E-state index is -0.486. The fraction of sp³-hybridized carbons (Fsp3) is 0.0526. The average molecular weight is 565 g/mol. The van der Waals surface area contributed by atoms with Crippen molar-refractivity contribution < 1.29 is 28.0 Å². The van der Waals surface area contributed by atoms with Gasteiger partial charge in [0, 0.05) is 0 Å². The van der Waals surface area contributed by atoms with Crippen molar-refractivity contribution in [1.82, 2.24) is 0 Å². The van der Waals surface area contributed by atoms with Gasteiger partial charge in [0.1, 0.15) is 0 Å². The van der Waals surface area contributed by atoms with Crippen LogP contribution in [0, 0.1) is 0 Å². The molecule has 0 bridgehead atoms. The van der Waals surface area contributed by atoms with Gasteiger partial charge in [-0.15, -0.1) is 0 Å². The van der Waals surface area contributed by atoms with Gasteiger partial charge in [-0.2, -0.15) is 0 Å². The van der Waals surface area contributed by atoms with Crippen molar-refractivity contribution in [3.05, 3.63) is 180 Å². The maximum Gasteiger partial charge on any atom is -0.0184 e. The quantitative estimate of drug-likeness (QED) is 0.195. The molecule has 6 aromatic rings. The zero-order chi connectivity index (χ0) is 27.4. The van der Waals surface area contributed by atoms with E-state index in [9.17, 15) is 0 Å². The summed E-state index contributed by atoms with van der Waals surface area (Å²) >= 11 is -0.486. The molecule has 2 unspecified atom stereocenters. The van der Waals surface area contributed by atoms with Gasteiger partial charge in [-0.05, 0) is 11.1 Å². The van der Waals surface area contributed by atoms with E-state index in [1.807, 2.05) is 24.3 Å². The molecule has 0 fully saturated rings. The molecule has 2 aliphatic carbocycles. The molecular formula is C38H28O2Ti. The first-order valence-electron chi connectivity index (χ1n) is 13.9. The van der Waals surface area contributed by atoms with Gasteiger partial charge in [0.25, 0.3) is 0 Å². The number of hydrogen-bond donors (Lipinski definition) is 0. The predicted molar refractivity (Wildman–Crippen MR) is 163 cm³/mol. The molecule has 0 radical (unpaired) electrons. The number of rotatable bonds is 5. The van der Waals surface area contributed by atoms with Gasteiger partial charge in [0.2, 0.25) is 0 Å². The molecule has 2 nitrogen and oxygen atoms in total. The van der Waals surface area contributed by atoms with Gasteiger partial charge in [-0.1, -0.05) is 60.7 Å². The number of furan rings is 2. The van der Waals surface area contributed by atoms with Crippen molar-refractivity contribution in [2.45, 2.75) is 8.45 Å². The van der Waals surface area contributed by atoms with Crippen LogP contribution in [0.1, 0.15) is 42.2 Å². The summed E-state index contributed by atoms with van der Waals surface area (Å²) in [4.78, 5) is 0. The minimum absolute atomic E-state index is 0.409.